The minimum atomic E-state index is -0.458. The van der Waals surface area contributed by atoms with E-state index in [1.807, 2.05) is 64.0 Å². The summed E-state index contributed by atoms with van der Waals surface area (Å²) in [5, 5.41) is 8.37. The monoisotopic (exact) mass is 531 g/mol. The number of nitrogens with one attached hydrogen (secondary N) is 2. The summed E-state index contributed by atoms with van der Waals surface area (Å²) in [7, 11) is 4.05. The number of carbonyl (C=O) groups excluding carboxylic acids is 1. The fourth-order valence-corrected chi connectivity index (χ4v) is 5.43. The fraction of sp³-hybridized carbons (Fsp3) is 0.531. The molecular formula is C32H45N5O2. The largest absolute Gasteiger partial charge is 0.460 e. The highest BCUT2D eigenvalue weighted by molar-refractivity contribution is 5.90. The first kappa shape index (κ1) is 28.8. The molecule has 0 spiro atoms. The Morgan fingerprint density at radius 1 is 1.00 bits per heavy atom. The van der Waals surface area contributed by atoms with Crippen molar-refractivity contribution in [3.63, 3.8) is 0 Å². The number of hydrogen-bond donors (Lipinski definition) is 2. The third kappa shape index (κ3) is 8.92. The highest BCUT2D eigenvalue weighted by Crippen LogP contribution is 2.28. The molecule has 0 saturated heterocycles. The second-order valence-corrected chi connectivity index (χ2v) is 12.1. The quantitative estimate of drug-likeness (QED) is 0.301. The third-order valence-corrected chi connectivity index (χ3v) is 7.30. The Kier molecular flexibility index (Phi) is 9.78. The van der Waals surface area contributed by atoms with Crippen LogP contribution in [0, 0.1) is 11.8 Å². The van der Waals surface area contributed by atoms with Crippen LogP contribution in [0.1, 0.15) is 58.4 Å². The van der Waals surface area contributed by atoms with Gasteiger partial charge in [-0.25, -0.2) is 4.98 Å². The van der Waals surface area contributed by atoms with E-state index in [1.54, 1.807) is 0 Å². The second kappa shape index (κ2) is 13.2. The topological polar surface area (TPSA) is 79.4 Å². The Labute approximate surface area is 233 Å². The van der Waals surface area contributed by atoms with Crippen LogP contribution in [0.3, 0.4) is 0 Å². The van der Waals surface area contributed by atoms with Gasteiger partial charge in [0, 0.05) is 31.9 Å². The number of fused-ring (bicyclic) bond motifs is 1. The number of benzene rings is 2. The van der Waals surface area contributed by atoms with Gasteiger partial charge in [0.25, 0.3) is 0 Å². The summed E-state index contributed by atoms with van der Waals surface area (Å²) in [4.78, 5) is 24.2. The average Bonchev–Trinajstić information content (AvgIpc) is 2.88. The zero-order valence-corrected chi connectivity index (χ0v) is 24.2. The molecule has 0 aliphatic heterocycles. The van der Waals surface area contributed by atoms with Crippen molar-refractivity contribution in [2.24, 2.45) is 11.8 Å². The van der Waals surface area contributed by atoms with Gasteiger partial charge < -0.3 is 20.3 Å². The van der Waals surface area contributed by atoms with Crippen molar-refractivity contribution in [1.82, 2.24) is 15.3 Å². The van der Waals surface area contributed by atoms with Gasteiger partial charge >= 0.3 is 5.97 Å². The highest BCUT2D eigenvalue weighted by Gasteiger charge is 2.24. The number of carbonyl (C=O) groups is 1. The predicted molar refractivity (Wildman–Crippen MR) is 160 cm³/mol. The predicted octanol–water partition coefficient (Wildman–Crippen LogP) is 5.85. The van der Waals surface area contributed by atoms with E-state index >= 15 is 0 Å². The van der Waals surface area contributed by atoms with E-state index in [-0.39, 0.29) is 11.9 Å². The van der Waals surface area contributed by atoms with Crippen LogP contribution in [-0.4, -0.2) is 54.8 Å². The van der Waals surface area contributed by atoms with E-state index in [4.69, 9.17) is 14.7 Å². The van der Waals surface area contributed by atoms with E-state index in [2.05, 4.69) is 41.0 Å². The van der Waals surface area contributed by atoms with E-state index in [0.717, 1.165) is 61.9 Å². The lowest BCUT2D eigenvalue weighted by Crippen LogP contribution is -2.35. The van der Waals surface area contributed by atoms with Crippen LogP contribution in [-0.2, 0) is 16.0 Å². The molecule has 7 heteroatoms. The molecule has 1 unspecified atom stereocenters. The molecule has 2 aromatic carbocycles. The Bertz CT molecular complexity index is 1200. The second-order valence-electron chi connectivity index (χ2n) is 12.1. The summed E-state index contributed by atoms with van der Waals surface area (Å²) >= 11 is 0. The SMILES string of the molecule is CN(C)c1nc(N[C@H]2CC[C@@H](CNCC(CC(=O)OC(C)(C)C)Cc3ccccc3)CC2)nc2ccccc12. The molecule has 1 aromatic heterocycles. The lowest BCUT2D eigenvalue weighted by molar-refractivity contribution is -0.155. The van der Waals surface area contributed by atoms with Gasteiger partial charge in [0.1, 0.15) is 11.4 Å². The van der Waals surface area contributed by atoms with Crippen LogP contribution in [0.2, 0.25) is 0 Å². The lowest BCUT2D eigenvalue weighted by Gasteiger charge is -2.30. The molecule has 3 aromatic rings. The number of aromatic nitrogens is 2. The summed E-state index contributed by atoms with van der Waals surface area (Å²) in [5.74, 6) is 2.38. The number of anilines is 2. The van der Waals surface area contributed by atoms with Gasteiger partial charge in [-0.15, -0.1) is 0 Å². The van der Waals surface area contributed by atoms with Crippen LogP contribution >= 0.6 is 0 Å². The van der Waals surface area contributed by atoms with Gasteiger partial charge in [0.15, 0.2) is 0 Å². The molecule has 2 N–H and O–H groups in total. The lowest BCUT2D eigenvalue weighted by atomic mass is 9.86. The molecule has 1 fully saturated rings. The number of esters is 1. The molecule has 4 rings (SSSR count). The molecular weight excluding hydrogens is 486 g/mol. The van der Waals surface area contributed by atoms with Crippen molar-refractivity contribution in [2.45, 2.75) is 70.9 Å². The van der Waals surface area contributed by atoms with Crippen molar-refractivity contribution >= 4 is 28.6 Å². The van der Waals surface area contributed by atoms with Gasteiger partial charge in [-0.3, -0.25) is 4.79 Å². The van der Waals surface area contributed by atoms with Crippen molar-refractivity contribution < 1.29 is 9.53 Å². The number of para-hydroxylation sites is 1. The number of hydrogen-bond acceptors (Lipinski definition) is 7. The van der Waals surface area contributed by atoms with Crippen LogP contribution in [0.25, 0.3) is 10.9 Å². The van der Waals surface area contributed by atoms with Crippen molar-refractivity contribution in [3.05, 3.63) is 60.2 Å². The Morgan fingerprint density at radius 3 is 2.38 bits per heavy atom. The Hall–Kier alpha value is -3.19. The molecule has 1 saturated carbocycles. The summed E-state index contributed by atoms with van der Waals surface area (Å²) in [6.45, 7) is 7.56. The number of rotatable bonds is 11. The third-order valence-electron chi connectivity index (χ3n) is 7.30. The summed E-state index contributed by atoms with van der Waals surface area (Å²) < 4.78 is 5.62. The zero-order chi connectivity index (χ0) is 27.8. The van der Waals surface area contributed by atoms with Gasteiger partial charge in [-0.05, 0) is 95.5 Å². The van der Waals surface area contributed by atoms with Gasteiger partial charge in [-0.2, -0.15) is 4.98 Å². The maximum Gasteiger partial charge on any atom is 0.306 e. The summed E-state index contributed by atoms with van der Waals surface area (Å²) in [5.41, 5.74) is 1.77. The average molecular weight is 532 g/mol. The normalized spacial score (nSPS) is 18.5. The van der Waals surface area contributed by atoms with Gasteiger partial charge in [0.2, 0.25) is 5.95 Å². The van der Waals surface area contributed by atoms with Gasteiger partial charge in [0.05, 0.1) is 5.52 Å². The van der Waals surface area contributed by atoms with Crippen molar-refractivity contribution in [2.75, 3.05) is 37.4 Å². The molecule has 1 aliphatic rings. The van der Waals surface area contributed by atoms with E-state index in [1.165, 1.54) is 5.56 Å². The van der Waals surface area contributed by atoms with Gasteiger partial charge in [-0.1, -0.05) is 42.5 Å². The van der Waals surface area contributed by atoms with E-state index in [9.17, 15) is 4.79 Å². The van der Waals surface area contributed by atoms with Crippen LogP contribution < -0.4 is 15.5 Å². The van der Waals surface area contributed by atoms with Crippen LogP contribution in [0.15, 0.2) is 54.6 Å². The molecule has 1 heterocycles. The minimum Gasteiger partial charge on any atom is -0.460 e. The molecule has 7 nitrogen and oxygen atoms in total. The zero-order valence-electron chi connectivity index (χ0n) is 24.2. The maximum atomic E-state index is 12.6. The fourth-order valence-electron chi connectivity index (χ4n) is 5.43. The number of ether oxygens (including phenoxy) is 1. The Morgan fingerprint density at radius 2 is 1.69 bits per heavy atom. The van der Waals surface area contributed by atoms with Crippen LogP contribution in [0.5, 0.6) is 0 Å². The standard InChI is InChI=1S/C32H45N5O2/c1-32(2,3)39-29(38)20-25(19-23-11-7-6-8-12-23)22-33-21-24-15-17-26(18-16-24)34-31-35-28-14-10-9-13-27(28)30(36-31)37(4)5/h6-14,24-26,33H,15-22H2,1-5H3,(H,34,35,36)/t24-,25?,26+. The van der Waals surface area contributed by atoms with Crippen molar-refractivity contribution in [3.8, 4) is 0 Å². The smallest absolute Gasteiger partial charge is 0.306 e. The molecule has 39 heavy (non-hydrogen) atoms. The van der Waals surface area contributed by atoms with E-state index in [0.29, 0.717) is 24.3 Å². The first-order valence-electron chi connectivity index (χ1n) is 14.3. The molecule has 0 bridgehead atoms. The Balaban J connectivity index is 1.26. The molecule has 210 valence electrons. The maximum absolute atomic E-state index is 12.6. The van der Waals surface area contributed by atoms with E-state index < -0.39 is 5.60 Å². The highest BCUT2D eigenvalue weighted by atomic mass is 16.6. The molecule has 1 aliphatic carbocycles. The summed E-state index contributed by atoms with van der Waals surface area (Å²) in [6, 6.07) is 19.0. The van der Waals surface area contributed by atoms with Crippen LogP contribution in [0.4, 0.5) is 11.8 Å². The number of nitrogens with zero attached hydrogens (tertiary/aromatic N) is 3. The molecule has 0 amide bonds. The minimum absolute atomic E-state index is 0.120. The molecule has 0 radical (unpaired) electrons. The summed E-state index contributed by atoms with van der Waals surface area (Å²) in [6.07, 6.45) is 5.82. The van der Waals surface area contributed by atoms with Crippen molar-refractivity contribution in [1.29, 1.82) is 0 Å². The first-order valence-corrected chi connectivity index (χ1v) is 14.3. The molecule has 1 atom stereocenters. The first-order chi connectivity index (χ1) is 18.7.